The van der Waals surface area contributed by atoms with Crippen LogP contribution in [0.5, 0.6) is 0 Å². The lowest BCUT2D eigenvalue weighted by molar-refractivity contribution is -0.140. The van der Waals surface area contributed by atoms with E-state index in [2.05, 4.69) is 32.6 Å². The molecule has 2 aliphatic heterocycles. The number of likely N-dealkylation sites (N-methyl/N-ethyl adjacent to an activating group) is 1. The third-order valence-corrected chi connectivity index (χ3v) is 12.7. The minimum absolute atomic E-state index is 0.0170. The highest BCUT2D eigenvalue weighted by atomic mass is 32.2. The number of rotatable bonds is 1. The number of fused-ring (bicyclic) bond motifs is 5. The van der Waals surface area contributed by atoms with Gasteiger partial charge in [0.25, 0.3) is 5.91 Å². The van der Waals surface area contributed by atoms with E-state index in [9.17, 15) is 18.3 Å². The first-order valence-electron chi connectivity index (χ1n) is 13.1. The van der Waals surface area contributed by atoms with Crippen LogP contribution < -0.4 is 0 Å². The first kappa shape index (κ1) is 24.4. The molecule has 190 valence electrons. The largest absolute Gasteiger partial charge is 0.512 e. The van der Waals surface area contributed by atoms with Gasteiger partial charge in [-0.05, 0) is 66.9 Å². The lowest BCUT2D eigenvalue weighted by atomic mass is 9.41. The number of carbonyl (C=O) groups excluding carboxylic acids is 1. The van der Waals surface area contributed by atoms with Crippen molar-refractivity contribution in [3.63, 3.8) is 0 Å². The minimum Gasteiger partial charge on any atom is -0.512 e. The smallest absolute Gasteiger partial charge is 0.253 e. The molecule has 1 amide bonds. The van der Waals surface area contributed by atoms with Gasteiger partial charge in [-0.25, -0.2) is 8.42 Å². The Hall–Kier alpha value is -1.34. The van der Waals surface area contributed by atoms with E-state index in [0.29, 0.717) is 24.6 Å². The summed E-state index contributed by atoms with van der Waals surface area (Å²) in [5, 5.41) is 10.5. The fourth-order valence-corrected chi connectivity index (χ4v) is 11.5. The van der Waals surface area contributed by atoms with Crippen molar-refractivity contribution in [3.05, 3.63) is 23.5 Å². The van der Waals surface area contributed by atoms with E-state index >= 15 is 0 Å². The molecule has 0 spiro atoms. The molecule has 0 aromatic heterocycles. The van der Waals surface area contributed by atoms with Gasteiger partial charge in [-0.1, -0.05) is 40.2 Å². The van der Waals surface area contributed by atoms with Gasteiger partial charge in [0.15, 0.2) is 9.84 Å². The molecular weight excluding hydrogens is 448 g/mol. The number of nitrogens with zero attached hydrogens (tertiary/aromatic N) is 2. The standard InChI is InChI=1S/C27H42N2O4S/c1-25(2)8-6-9-26(3)21(25)7-10-27(4)22(26)17-34(32,33)20-16-18(15-19(30)23(20)27)24(31)29-13-11-28(5)12-14-29/h15-16,20-23,30H,6-14,17H2,1-5H3/t20?,21-,22+,23?,26-,27+/m0/s1. The predicted molar refractivity (Wildman–Crippen MR) is 134 cm³/mol. The van der Waals surface area contributed by atoms with Gasteiger partial charge in [0, 0.05) is 37.7 Å². The molecule has 5 aliphatic rings. The van der Waals surface area contributed by atoms with Crippen molar-refractivity contribution in [2.75, 3.05) is 39.0 Å². The fraction of sp³-hybridized carbons (Fsp3) is 0.815. The van der Waals surface area contributed by atoms with Crippen molar-refractivity contribution in [2.45, 2.75) is 65.0 Å². The topological polar surface area (TPSA) is 77.9 Å². The van der Waals surface area contributed by atoms with E-state index in [0.717, 1.165) is 38.8 Å². The minimum atomic E-state index is -3.51. The Morgan fingerprint density at radius 3 is 2.35 bits per heavy atom. The summed E-state index contributed by atoms with van der Waals surface area (Å²) < 4.78 is 27.6. The number of carbonyl (C=O) groups is 1. The van der Waals surface area contributed by atoms with Crippen molar-refractivity contribution >= 4 is 15.7 Å². The Balaban J connectivity index is 1.50. The molecule has 2 unspecified atom stereocenters. The molecule has 34 heavy (non-hydrogen) atoms. The number of aliphatic hydroxyl groups excluding tert-OH is 1. The lowest BCUT2D eigenvalue weighted by Crippen LogP contribution is -2.64. The monoisotopic (exact) mass is 490 g/mol. The summed E-state index contributed by atoms with van der Waals surface area (Å²) in [6.07, 6.45) is 8.65. The van der Waals surface area contributed by atoms with E-state index < -0.39 is 21.0 Å². The number of allylic oxidation sites excluding steroid dienone is 1. The molecular formula is C27H42N2O4S. The normalized spacial score (nSPS) is 43.6. The number of amides is 1. The number of hydrogen-bond acceptors (Lipinski definition) is 5. The molecule has 5 rings (SSSR count). The third-order valence-electron chi connectivity index (χ3n) is 10.7. The van der Waals surface area contributed by atoms with Gasteiger partial charge in [0.05, 0.1) is 16.8 Å². The molecule has 6 nitrogen and oxygen atoms in total. The molecule has 7 heteroatoms. The number of hydrogen-bond donors (Lipinski definition) is 1. The highest BCUT2D eigenvalue weighted by molar-refractivity contribution is 7.92. The molecule has 0 radical (unpaired) electrons. The zero-order chi connectivity index (χ0) is 24.7. The third kappa shape index (κ3) is 3.51. The Kier molecular flexibility index (Phi) is 5.61. The summed E-state index contributed by atoms with van der Waals surface area (Å²) in [4.78, 5) is 17.2. The Morgan fingerprint density at radius 2 is 1.68 bits per heavy atom. The van der Waals surface area contributed by atoms with Crippen molar-refractivity contribution in [1.82, 2.24) is 9.80 Å². The second-order valence-electron chi connectivity index (χ2n) is 13.1. The predicted octanol–water partition coefficient (Wildman–Crippen LogP) is 3.80. The molecule has 4 fully saturated rings. The van der Waals surface area contributed by atoms with Gasteiger partial charge in [-0.2, -0.15) is 0 Å². The Bertz CT molecular complexity index is 1040. The summed E-state index contributed by atoms with van der Waals surface area (Å²) in [5.41, 5.74) is 0.204. The maximum atomic E-state index is 13.8. The van der Waals surface area contributed by atoms with Crippen LogP contribution in [0.25, 0.3) is 0 Å². The molecule has 0 bridgehead atoms. The maximum Gasteiger partial charge on any atom is 0.253 e. The highest BCUT2D eigenvalue weighted by Gasteiger charge is 2.66. The molecule has 0 aromatic carbocycles. The first-order valence-corrected chi connectivity index (χ1v) is 14.8. The Morgan fingerprint density at radius 1 is 1.00 bits per heavy atom. The van der Waals surface area contributed by atoms with Crippen LogP contribution in [-0.2, 0) is 14.6 Å². The fourth-order valence-electron chi connectivity index (χ4n) is 8.87. The molecule has 1 N–H and O–H groups in total. The van der Waals surface area contributed by atoms with Crippen molar-refractivity contribution < 1.29 is 18.3 Å². The lowest BCUT2D eigenvalue weighted by Gasteiger charge is -2.66. The molecule has 2 heterocycles. The number of sulfone groups is 1. The number of piperazine rings is 1. The van der Waals surface area contributed by atoms with E-state index in [4.69, 9.17) is 0 Å². The maximum absolute atomic E-state index is 13.8. The zero-order valence-corrected chi connectivity index (χ0v) is 22.3. The van der Waals surface area contributed by atoms with Gasteiger partial charge in [-0.3, -0.25) is 4.79 Å². The van der Waals surface area contributed by atoms with Crippen LogP contribution >= 0.6 is 0 Å². The summed E-state index contributed by atoms with van der Waals surface area (Å²) in [7, 11) is -1.48. The van der Waals surface area contributed by atoms with Crippen LogP contribution in [0.2, 0.25) is 0 Å². The van der Waals surface area contributed by atoms with E-state index in [-0.39, 0.29) is 39.6 Å². The number of aliphatic hydroxyl groups is 1. The van der Waals surface area contributed by atoms with Crippen LogP contribution in [0.4, 0.5) is 0 Å². The van der Waals surface area contributed by atoms with E-state index in [1.54, 1.807) is 17.1 Å². The molecule has 3 aliphatic carbocycles. The average molecular weight is 491 g/mol. The van der Waals surface area contributed by atoms with Crippen molar-refractivity contribution in [2.24, 2.45) is 34.0 Å². The molecule has 0 aromatic rings. The SMILES string of the molecule is CN1CCN(C(=O)C2=CC3C(C(O)=C2)[C@]2(C)CC[C@H]4C(C)(C)CCC[C@]4(C)[C@H]2CS3(=O)=O)CC1. The molecule has 2 saturated carbocycles. The van der Waals surface area contributed by atoms with Gasteiger partial charge in [-0.15, -0.1) is 0 Å². The summed E-state index contributed by atoms with van der Waals surface area (Å²) in [6.45, 7) is 12.1. The second kappa shape index (κ2) is 7.83. The van der Waals surface area contributed by atoms with Crippen molar-refractivity contribution in [1.29, 1.82) is 0 Å². The molecule has 6 atom stereocenters. The van der Waals surface area contributed by atoms with Crippen molar-refractivity contribution in [3.8, 4) is 0 Å². The van der Waals surface area contributed by atoms with Gasteiger partial charge in [0.2, 0.25) is 0 Å². The quantitative estimate of drug-likeness (QED) is 0.605. The Labute approximate surface area is 205 Å². The first-order chi connectivity index (χ1) is 15.8. The zero-order valence-electron chi connectivity index (χ0n) is 21.5. The average Bonchev–Trinajstić information content (AvgIpc) is 2.74. The summed E-state index contributed by atoms with van der Waals surface area (Å²) >= 11 is 0. The van der Waals surface area contributed by atoms with E-state index in [1.165, 1.54) is 6.42 Å². The van der Waals surface area contributed by atoms with Gasteiger partial charge >= 0.3 is 0 Å². The summed E-state index contributed by atoms with van der Waals surface area (Å²) in [6, 6.07) is 0. The van der Waals surface area contributed by atoms with Crippen LogP contribution in [0.1, 0.15) is 59.8 Å². The molecule has 2 saturated heterocycles. The van der Waals surface area contributed by atoms with Crippen LogP contribution in [0.3, 0.4) is 0 Å². The van der Waals surface area contributed by atoms with Crippen LogP contribution in [0.15, 0.2) is 23.5 Å². The summed E-state index contributed by atoms with van der Waals surface area (Å²) in [5.74, 6) is 0.140. The van der Waals surface area contributed by atoms with Gasteiger partial charge in [0.1, 0.15) is 0 Å². The van der Waals surface area contributed by atoms with Crippen LogP contribution in [-0.4, -0.2) is 73.5 Å². The van der Waals surface area contributed by atoms with Crippen LogP contribution in [0, 0.1) is 34.0 Å². The van der Waals surface area contributed by atoms with E-state index in [1.807, 2.05) is 7.05 Å². The van der Waals surface area contributed by atoms with Gasteiger partial charge < -0.3 is 14.9 Å². The highest BCUT2D eigenvalue weighted by Crippen LogP contribution is 2.68. The second-order valence-corrected chi connectivity index (χ2v) is 15.3.